The molecule has 0 aliphatic heterocycles. The van der Waals surface area contributed by atoms with Crippen molar-refractivity contribution in [2.45, 2.75) is 19.9 Å². The van der Waals surface area contributed by atoms with Gasteiger partial charge in [-0.1, -0.05) is 18.7 Å². The van der Waals surface area contributed by atoms with E-state index in [1.54, 1.807) is 25.3 Å². The lowest BCUT2D eigenvalue weighted by molar-refractivity contribution is -0.116. The first-order valence-electron chi connectivity index (χ1n) is 7.17. The van der Waals surface area contributed by atoms with Gasteiger partial charge in [-0.2, -0.15) is 0 Å². The molecular weight excluding hydrogens is 280 g/mol. The number of hydrogen-bond acceptors (Lipinski definition) is 4. The number of methoxy groups -OCH3 is 1. The van der Waals surface area contributed by atoms with E-state index >= 15 is 0 Å². The van der Waals surface area contributed by atoms with E-state index in [9.17, 15) is 4.79 Å². The Kier molecular flexibility index (Phi) is 7.78. The second-order valence-electron chi connectivity index (χ2n) is 4.92. The van der Waals surface area contributed by atoms with Crippen LogP contribution in [-0.2, 0) is 4.79 Å². The number of carbonyl (C=O) groups excluding carboxylic acids is 1. The number of rotatable bonds is 9. The van der Waals surface area contributed by atoms with Gasteiger partial charge >= 0.3 is 0 Å². The zero-order valence-electron chi connectivity index (χ0n) is 13.4. The van der Waals surface area contributed by atoms with Gasteiger partial charge < -0.3 is 14.8 Å². The van der Waals surface area contributed by atoms with Crippen molar-refractivity contribution in [1.82, 2.24) is 10.6 Å². The summed E-state index contributed by atoms with van der Waals surface area (Å²) in [5.41, 5.74) is 0.856. The fourth-order valence-corrected chi connectivity index (χ4v) is 1.63. The molecule has 0 aromatic heterocycles. The number of carbonyl (C=O) groups is 1. The van der Waals surface area contributed by atoms with Gasteiger partial charge in [-0.15, -0.1) is 0 Å². The lowest BCUT2D eigenvalue weighted by Crippen LogP contribution is -2.36. The third-order valence-electron chi connectivity index (χ3n) is 2.74. The van der Waals surface area contributed by atoms with Gasteiger partial charge in [-0.25, -0.2) is 0 Å². The molecule has 0 saturated heterocycles. The number of nitrogens with one attached hydrogen (secondary N) is 2. The fourth-order valence-electron chi connectivity index (χ4n) is 1.63. The summed E-state index contributed by atoms with van der Waals surface area (Å²) < 4.78 is 10.8. The first-order chi connectivity index (χ1) is 10.6. The molecule has 0 atom stereocenters. The highest BCUT2D eigenvalue weighted by Crippen LogP contribution is 2.28. The minimum Gasteiger partial charge on any atom is -0.493 e. The molecule has 0 aliphatic rings. The summed E-state index contributed by atoms with van der Waals surface area (Å²) in [7, 11) is 1.58. The molecule has 0 heterocycles. The Bertz CT molecular complexity index is 525. The predicted octanol–water partition coefficient (Wildman–Crippen LogP) is 2.34. The second kappa shape index (κ2) is 9.63. The highest BCUT2D eigenvalue weighted by molar-refractivity contribution is 5.91. The van der Waals surface area contributed by atoms with E-state index in [-0.39, 0.29) is 5.91 Å². The van der Waals surface area contributed by atoms with Crippen LogP contribution in [0.2, 0.25) is 0 Å². The van der Waals surface area contributed by atoms with Crippen LogP contribution in [-0.4, -0.2) is 32.3 Å². The van der Waals surface area contributed by atoms with Crippen LogP contribution >= 0.6 is 0 Å². The topological polar surface area (TPSA) is 59.6 Å². The standard InChI is InChI=1S/C17H24N2O3/c1-5-10-22-15-8-6-14(11-16(15)21-4)7-9-17(20)19-12-18-13(2)3/h5-9,11,13,18H,1,10,12H2,2-4H3,(H,19,20). The van der Waals surface area contributed by atoms with Crippen molar-refractivity contribution < 1.29 is 14.3 Å². The van der Waals surface area contributed by atoms with Crippen LogP contribution in [0.3, 0.4) is 0 Å². The first-order valence-corrected chi connectivity index (χ1v) is 7.17. The minimum atomic E-state index is -0.154. The number of ether oxygens (including phenoxy) is 2. The van der Waals surface area contributed by atoms with Gasteiger partial charge in [0.1, 0.15) is 6.61 Å². The van der Waals surface area contributed by atoms with Crippen LogP contribution in [0.15, 0.2) is 36.9 Å². The molecule has 0 aliphatic carbocycles. The summed E-state index contributed by atoms with van der Waals surface area (Å²) >= 11 is 0. The van der Waals surface area contributed by atoms with Crippen molar-refractivity contribution in [3.8, 4) is 11.5 Å². The molecule has 0 unspecified atom stereocenters. The maximum Gasteiger partial charge on any atom is 0.244 e. The molecule has 0 saturated carbocycles. The average Bonchev–Trinajstić information content (AvgIpc) is 2.50. The van der Waals surface area contributed by atoms with Gasteiger partial charge in [0.05, 0.1) is 13.8 Å². The molecule has 5 nitrogen and oxygen atoms in total. The molecule has 0 spiro atoms. The van der Waals surface area contributed by atoms with Gasteiger partial charge in [0.2, 0.25) is 5.91 Å². The SMILES string of the molecule is C=CCOc1ccc(C=CC(=O)NCNC(C)C)cc1OC. The van der Waals surface area contributed by atoms with Crippen LogP contribution < -0.4 is 20.1 Å². The number of hydrogen-bond donors (Lipinski definition) is 2. The van der Waals surface area contributed by atoms with Gasteiger partial charge in [0, 0.05) is 12.1 Å². The van der Waals surface area contributed by atoms with E-state index in [2.05, 4.69) is 17.2 Å². The summed E-state index contributed by atoms with van der Waals surface area (Å²) in [5, 5.41) is 5.86. The molecule has 0 bridgehead atoms. The van der Waals surface area contributed by atoms with E-state index < -0.39 is 0 Å². The molecular formula is C17H24N2O3. The van der Waals surface area contributed by atoms with Gasteiger partial charge in [0.15, 0.2) is 11.5 Å². The van der Waals surface area contributed by atoms with E-state index in [0.29, 0.717) is 30.8 Å². The number of amides is 1. The maximum atomic E-state index is 11.7. The summed E-state index contributed by atoms with van der Waals surface area (Å²) in [6.07, 6.45) is 4.88. The monoisotopic (exact) mass is 304 g/mol. The van der Waals surface area contributed by atoms with Crippen molar-refractivity contribution in [2.24, 2.45) is 0 Å². The van der Waals surface area contributed by atoms with Crippen molar-refractivity contribution in [3.05, 3.63) is 42.5 Å². The van der Waals surface area contributed by atoms with E-state index in [1.807, 2.05) is 26.0 Å². The molecule has 5 heteroatoms. The summed E-state index contributed by atoms with van der Waals surface area (Å²) in [6, 6.07) is 5.81. The van der Waals surface area contributed by atoms with Gasteiger partial charge in [-0.3, -0.25) is 10.1 Å². The van der Waals surface area contributed by atoms with E-state index in [4.69, 9.17) is 9.47 Å². The molecule has 2 N–H and O–H groups in total. The summed E-state index contributed by atoms with van der Waals surface area (Å²) in [5.74, 6) is 1.11. The fraction of sp³-hybridized carbons (Fsp3) is 0.353. The second-order valence-corrected chi connectivity index (χ2v) is 4.92. The smallest absolute Gasteiger partial charge is 0.244 e. The highest BCUT2D eigenvalue weighted by Gasteiger charge is 2.04. The van der Waals surface area contributed by atoms with Crippen molar-refractivity contribution in [2.75, 3.05) is 20.4 Å². The van der Waals surface area contributed by atoms with Crippen LogP contribution in [0.5, 0.6) is 11.5 Å². The molecule has 1 aromatic carbocycles. The summed E-state index contributed by atoms with van der Waals surface area (Å²) in [6.45, 7) is 8.50. The van der Waals surface area contributed by atoms with Gasteiger partial charge in [-0.05, 0) is 37.6 Å². The maximum absolute atomic E-state index is 11.7. The van der Waals surface area contributed by atoms with Crippen LogP contribution in [0.1, 0.15) is 19.4 Å². The molecule has 22 heavy (non-hydrogen) atoms. The highest BCUT2D eigenvalue weighted by atomic mass is 16.5. The summed E-state index contributed by atoms with van der Waals surface area (Å²) in [4.78, 5) is 11.7. The lowest BCUT2D eigenvalue weighted by atomic mass is 10.2. The Morgan fingerprint density at radius 1 is 1.36 bits per heavy atom. The third kappa shape index (κ3) is 6.45. The molecule has 1 amide bonds. The zero-order chi connectivity index (χ0) is 16.4. The van der Waals surface area contributed by atoms with Crippen LogP contribution in [0.25, 0.3) is 6.08 Å². The molecule has 1 rings (SSSR count). The first kappa shape index (κ1) is 17.8. The van der Waals surface area contributed by atoms with Crippen molar-refractivity contribution in [3.63, 3.8) is 0 Å². The van der Waals surface area contributed by atoms with E-state index in [0.717, 1.165) is 5.56 Å². The number of benzene rings is 1. The van der Waals surface area contributed by atoms with Crippen LogP contribution in [0.4, 0.5) is 0 Å². The minimum absolute atomic E-state index is 0.154. The zero-order valence-corrected chi connectivity index (χ0v) is 13.4. The normalized spacial score (nSPS) is 10.7. The Morgan fingerprint density at radius 2 is 2.14 bits per heavy atom. The van der Waals surface area contributed by atoms with E-state index in [1.165, 1.54) is 6.08 Å². The third-order valence-corrected chi connectivity index (χ3v) is 2.74. The predicted molar refractivity (Wildman–Crippen MR) is 89.0 cm³/mol. The largest absolute Gasteiger partial charge is 0.493 e. The van der Waals surface area contributed by atoms with Gasteiger partial charge in [0.25, 0.3) is 0 Å². The quantitative estimate of drug-likeness (QED) is 0.418. The lowest BCUT2D eigenvalue weighted by Gasteiger charge is -2.10. The molecule has 120 valence electrons. The Morgan fingerprint density at radius 3 is 2.77 bits per heavy atom. The Balaban J connectivity index is 2.63. The van der Waals surface area contributed by atoms with Crippen LogP contribution in [0, 0.1) is 0 Å². The van der Waals surface area contributed by atoms with Crippen molar-refractivity contribution >= 4 is 12.0 Å². The molecule has 0 fully saturated rings. The Hall–Kier alpha value is -2.27. The molecule has 1 aromatic rings. The Labute approximate surface area is 132 Å². The van der Waals surface area contributed by atoms with Crippen molar-refractivity contribution in [1.29, 1.82) is 0 Å². The average molecular weight is 304 g/mol. The molecule has 0 radical (unpaired) electrons.